The van der Waals surface area contributed by atoms with Crippen LogP contribution in [0, 0.1) is 6.92 Å². The van der Waals surface area contributed by atoms with Crippen molar-refractivity contribution in [1.82, 2.24) is 9.38 Å². The van der Waals surface area contributed by atoms with E-state index in [1.807, 2.05) is 53.9 Å². The van der Waals surface area contributed by atoms with E-state index in [4.69, 9.17) is 11.6 Å². The summed E-state index contributed by atoms with van der Waals surface area (Å²) in [4.78, 5) is 4.63. The maximum Gasteiger partial charge on any atom is 0.137 e. The number of fused-ring (bicyclic) bond motifs is 1. The van der Waals surface area contributed by atoms with Gasteiger partial charge in [0.15, 0.2) is 0 Å². The van der Waals surface area contributed by atoms with Gasteiger partial charge in [0.05, 0.1) is 17.5 Å². The Balaban J connectivity index is 2.29. The van der Waals surface area contributed by atoms with Crippen LogP contribution in [-0.4, -0.2) is 14.5 Å². The number of aryl methyl sites for hydroxylation is 1. The molecule has 3 nitrogen and oxygen atoms in total. The van der Waals surface area contributed by atoms with Gasteiger partial charge in [0.2, 0.25) is 0 Å². The zero-order valence-corrected chi connectivity index (χ0v) is 12.1. The van der Waals surface area contributed by atoms with Crippen molar-refractivity contribution in [2.24, 2.45) is 0 Å². The van der Waals surface area contributed by atoms with Crippen LogP contribution in [0.3, 0.4) is 0 Å². The van der Waals surface area contributed by atoms with Crippen LogP contribution in [0.4, 0.5) is 0 Å². The lowest BCUT2D eigenvalue weighted by molar-refractivity contribution is 0.194. The van der Waals surface area contributed by atoms with Crippen LogP contribution >= 0.6 is 11.6 Å². The minimum Gasteiger partial charge on any atom is -0.387 e. The molecule has 4 heteroatoms. The van der Waals surface area contributed by atoms with Crippen molar-refractivity contribution >= 4 is 17.2 Å². The molecule has 0 spiro atoms. The molecular weight excluding hydrogens is 272 g/mol. The van der Waals surface area contributed by atoms with Crippen molar-refractivity contribution in [3.8, 4) is 11.3 Å². The van der Waals surface area contributed by atoms with Gasteiger partial charge in [-0.2, -0.15) is 0 Å². The predicted octanol–water partition coefficient (Wildman–Crippen LogP) is 4.02. The number of pyridine rings is 1. The van der Waals surface area contributed by atoms with Gasteiger partial charge in [-0.15, -0.1) is 0 Å². The van der Waals surface area contributed by atoms with E-state index < -0.39 is 6.10 Å². The van der Waals surface area contributed by atoms with Crippen LogP contribution in [0.5, 0.6) is 0 Å². The molecular formula is C16H15ClN2O. The van der Waals surface area contributed by atoms with Gasteiger partial charge in [-0.25, -0.2) is 4.98 Å². The Labute approximate surface area is 122 Å². The molecule has 0 amide bonds. The second-order valence-corrected chi connectivity index (χ2v) is 5.32. The number of nitrogens with zero attached hydrogens (tertiary/aromatic N) is 2. The van der Waals surface area contributed by atoms with Crippen LogP contribution in [0.2, 0.25) is 5.02 Å². The topological polar surface area (TPSA) is 37.5 Å². The van der Waals surface area contributed by atoms with Crippen LogP contribution in [-0.2, 0) is 0 Å². The summed E-state index contributed by atoms with van der Waals surface area (Å²) in [6.45, 7) is 3.71. The maximum atomic E-state index is 10.1. The highest BCUT2D eigenvalue weighted by Gasteiger charge is 2.17. The number of hydrogen-bond donors (Lipinski definition) is 1. The van der Waals surface area contributed by atoms with Gasteiger partial charge in [0, 0.05) is 16.8 Å². The highest BCUT2D eigenvalue weighted by atomic mass is 35.5. The van der Waals surface area contributed by atoms with E-state index >= 15 is 0 Å². The van der Waals surface area contributed by atoms with Crippen molar-refractivity contribution in [3.05, 3.63) is 58.9 Å². The molecule has 0 fully saturated rings. The summed E-state index contributed by atoms with van der Waals surface area (Å²) in [6.07, 6.45) is 1.31. The van der Waals surface area contributed by atoms with Gasteiger partial charge in [0.25, 0.3) is 0 Å². The number of benzene rings is 1. The fraction of sp³-hybridized carbons (Fsp3) is 0.188. The lowest BCUT2D eigenvalue weighted by Gasteiger charge is -2.08. The van der Waals surface area contributed by atoms with E-state index in [0.29, 0.717) is 0 Å². The Morgan fingerprint density at radius 3 is 2.75 bits per heavy atom. The van der Waals surface area contributed by atoms with Crippen molar-refractivity contribution in [3.63, 3.8) is 0 Å². The SMILES string of the molecule is Cc1cc(-c2nc3ccccn3c2C(C)O)ccc1Cl. The van der Waals surface area contributed by atoms with Crippen molar-refractivity contribution in [2.75, 3.05) is 0 Å². The third-order valence-electron chi connectivity index (χ3n) is 3.39. The highest BCUT2D eigenvalue weighted by Crippen LogP contribution is 2.30. The molecule has 1 N–H and O–H groups in total. The molecule has 1 aromatic carbocycles. The maximum absolute atomic E-state index is 10.1. The molecule has 0 aliphatic carbocycles. The van der Waals surface area contributed by atoms with E-state index in [1.165, 1.54) is 0 Å². The molecule has 1 atom stereocenters. The molecule has 0 aliphatic rings. The fourth-order valence-corrected chi connectivity index (χ4v) is 2.54. The Bertz CT molecular complexity index is 777. The smallest absolute Gasteiger partial charge is 0.137 e. The standard InChI is InChI=1S/C16H15ClN2O/c1-10-9-12(6-7-13(10)17)15-16(11(2)20)19-8-4-3-5-14(19)18-15/h3-9,11,20H,1-2H3. The number of rotatable bonds is 2. The highest BCUT2D eigenvalue weighted by molar-refractivity contribution is 6.31. The predicted molar refractivity (Wildman–Crippen MR) is 81.0 cm³/mol. The Hall–Kier alpha value is -1.84. The molecule has 20 heavy (non-hydrogen) atoms. The number of imidazole rings is 1. The summed E-state index contributed by atoms with van der Waals surface area (Å²) in [5.41, 5.74) is 4.38. The van der Waals surface area contributed by atoms with E-state index in [2.05, 4.69) is 4.98 Å². The minimum absolute atomic E-state index is 0.599. The van der Waals surface area contributed by atoms with E-state index in [9.17, 15) is 5.11 Å². The molecule has 2 aromatic heterocycles. The first kappa shape index (κ1) is 13.2. The summed E-state index contributed by atoms with van der Waals surface area (Å²) in [6, 6.07) is 11.6. The van der Waals surface area contributed by atoms with Gasteiger partial charge in [-0.05, 0) is 43.7 Å². The monoisotopic (exact) mass is 286 g/mol. The van der Waals surface area contributed by atoms with Crippen LogP contribution < -0.4 is 0 Å². The number of aliphatic hydroxyl groups excluding tert-OH is 1. The first-order valence-corrected chi connectivity index (χ1v) is 6.87. The Kier molecular flexibility index (Phi) is 3.24. The number of aromatic nitrogens is 2. The lowest BCUT2D eigenvalue weighted by Crippen LogP contribution is -1.99. The van der Waals surface area contributed by atoms with Gasteiger partial charge >= 0.3 is 0 Å². The summed E-state index contributed by atoms with van der Waals surface area (Å²) < 4.78 is 1.92. The molecule has 3 rings (SSSR count). The lowest BCUT2D eigenvalue weighted by atomic mass is 10.1. The average Bonchev–Trinajstić information content (AvgIpc) is 2.81. The third-order valence-corrected chi connectivity index (χ3v) is 3.82. The largest absolute Gasteiger partial charge is 0.387 e. The summed E-state index contributed by atoms with van der Waals surface area (Å²) in [5, 5.41) is 10.8. The molecule has 0 aliphatic heterocycles. The molecule has 2 heterocycles. The summed E-state index contributed by atoms with van der Waals surface area (Å²) in [5.74, 6) is 0. The molecule has 0 saturated carbocycles. The first-order valence-electron chi connectivity index (χ1n) is 6.49. The molecule has 0 bridgehead atoms. The van der Waals surface area contributed by atoms with Crippen LogP contribution in [0.25, 0.3) is 16.9 Å². The van der Waals surface area contributed by atoms with E-state index in [-0.39, 0.29) is 0 Å². The van der Waals surface area contributed by atoms with E-state index in [1.54, 1.807) is 6.92 Å². The van der Waals surface area contributed by atoms with Crippen molar-refractivity contribution in [2.45, 2.75) is 20.0 Å². The number of halogens is 1. The number of hydrogen-bond acceptors (Lipinski definition) is 2. The Morgan fingerprint density at radius 2 is 2.05 bits per heavy atom. The quantitative estimate of drug-likeness (QED) is 0.773. The van der Waals surface area contributed by atoms with Gasteiger partial charge < -0.3 is 9.51 Å². The Morgan fingerprint density at radius 1 is 1.25 bits per heavy atom. The molecule has 102 valence electrons. The molecule has 1 unspecified atom stereocenters. The third kappa shape index (κ3) is 2.09. The second kappa shape index (κ2) is 4.93. The molecule has 3 aromatic rings. The van der Waals surface area contributed by atoms with Crippen molar-refractivity contribution < 1.29 is 5.11 Å². The molecule has 0 radical (unpaired) electrons. The van der Waals surface area contributed by atoms with Gasteiger partial charge in [-0.3, -0.25) is 0 Å². The minimum atomic E-state index is -0.599. The normalized spacial score (nSPS) is 12.8. The zero-order chi connectivity index (χ0) is 14.3. The first-order chi connectivity index (χ1) is 9.58. The number of aliphatic hydroxyl groups is 1. The van der Waals surface area contributed by atoms with E-state index in [0.717, 1.165) is 33.2 Å². The second-order valence-electron chi connectivity index (χ2n) is 4.91. The fourth-order valence-electron chi connectivity index (χ4n) is 2.42. The van der Waals surface area contributed by atoms with Crippen LogP contribution in [0.1, 0.15) is 24.3 Å². The summed E-state index contributed by atoms with van der Waals surface area (Å²) in [7, 11) is 0. The van der Waals surface area contributed by atoms with Gasteiger partial charge in [0.1, 0.15) is 5.65 Å². The molecule has 0 saturated heterocycles. The van der Waals surface area contributed by atoms with Crippen molar-refractivity contribution in [1.29, 1.82) is 0 Å². The van der Waals surface area contributed by atoms with Crippen LogP contribution in [0.15, 0.2) is 42.6 Å². The van der Waals surface area contributed by atoms with Gasteiger partial charge in [-0.1, -0.05) is 23.7 Å². The average molecular weight is 287 g/mol. The zero-order valence-electron chi connectivity index (χ0n) is 11.3. The summed E-state index contributed by atoms with van der Waals surface area (Å²) >= 11 is 6.07.